The average molecular weight is 514 g/mol. The Hall–Kier alpha value is -4.06. The van der Waals surface area contributed by atoms with Crippen LogP contribution in [-0.4, -0.2) is 35.4 Å². The van der Waals surface area contributed by atoms with Crippen LogP contribution in [0.25, 0.3) is 5.76 Å². The number of rotatable bonds is 9. The van der Waals surface area contributed by atoms with E-state index in [2.05, 4.69) is 27.7 Å². The van der Waals surface area contributed by atoms with Crippen LogP contribution in [0.4, 0.5) is 0 Å². The normalized spacial score (nSPS) is 16.9. The van der Waals surface area contributed by atoms with Gasteiger partial charge in [-0.3, -0.25) is 9.59 Å². The zero-order valence-corrected chi connectivity index (χ0v) is 22.6. The zero-order chi connectivity index (χ0) is 27.4. The summed E-state index contributed by atoms with van der Waals surface area (Å²) in [6.07, 6.45) is 0. The van der Waals surface area contributed by atoms with E-state index < -0.39 is 17.7 Å². The molecule has 0 saturated carbocycles. The fourth-order valence-electron chi connectivity index (χ4n) is 4.60. The lowest BCUT2D eigenvalue weighted by Gasteiger charge is -2.26. The van der Waals surface area contributed by atoms with Gasteiger partial charge < -0.3 is 19.5 Å². The van der Waals surface area contributed by atoms with Crippen LogP contribution >= 0.6 is 0 Å². The second-order valence-electron chi connectivity index (χ2n) is 10.3. The van der Waals surface area contributed by atoms with Gasteiger partial charge in [0.2, 0.25) is 0 Å². The molecule has 1 aliphatic heterocycles. The molecule has 3 aromatic rings. The predicted molar refractivity (Wildman–Crippen MR) is 148 cm³/mol. The molecule has 0 bridgehead atoms. The van der Waals surface area contributed by atoms with E-state index in [0.29, 0.717) is 35.5 Å². The third kappa shape index (κ3) is 5.59. The standard InChI is InChI=1S/C32H35NO5/c1-20(2)19-38-26-16-14-24(15-17-26)30(34)28-29(23-12-10-22(11-13-23)21(3)4)33(32(36)31(28)35)18-25-8-6-7-9-27(25)37-5/h6-17,20-21,29,34H,18-19H2,1-5H3/b30-28+. The molecule has 0 aliphatic carbocycles. The third-order valence-corrected chi connectivity index (χ3v) is 6.70. The van der Waals surface area contributed by atoms with E-state index in [-0.39, 0.29) is 17.9 Å². The zero-order valence-electron chi connectivity index (χ0n) is 22.6. The quantitative estimate of drug-likeness (QED) is 0.201. The molecule has 1 fully saturated rings. The van der Waals surface area contributed by atoms with Gasteiger partial charge in [0.15, 0.2) is 0 Å². The molecule has 1 atom stereocenters. The minimum atomic E-state index is -0.752. The molecule has 1 amide bonds. The van der Waals surface area contributed by atoms with E-state index in [9.17, 15) is 14.7 Å². The molecule has 6 nitrogen and oxygen atoms in total. The topological polar surface area (TPSA) is 76.1 Å². The Kier molecular flexibility index (Phi) is 8.20. The predicted octanol–water partition coefficient (Wildman–Crippen LogP) is 6.48. The first kappa shape index (κ1) is 27.0. The van der Waals surface area contributed by atoms with E-state index in [1.165, 1.54) is 4.90 Å². The van der Waals surface area contributed by atoms with Gasteiger partial charge in [-0.15, -0.1) is 0 Å². The molecular weight excluding hydrogens is 478 g/mol. The Morgan fingerprint density at radius 2 is 1.58 bits per heavy atom. The minimum absolute atomic E-state index is 0.0676. The summed E-state index contributed by atoms with van der Waals surface area (Å²) in [5, 5.41) is 11.4. The number of aliphatic hydroxyl groups is 1. The van der Waals surface area contributed by atoms with Crippen LogP contribution in [0.3, 0.4) is 0 Å². The molecule has 0 spiro atoms. The summed E-state index contributed by atoms with van der Waals surface area (Å²) >= 11 is 0. The summed E-state index contributed by atoms with van der Waals surface area (Å²) in [5.41, 5.74) is 3.18. The van der Waals surface area contributed by atoms with Gasteiger partial charge in [0.25, 0.3) is 11.7 Å². The summed E-state index contributed by atoms with van der Waals surface area (Å²) in [6, 6.07) is 21.4. The van der Waals surface area contributed by atoms with Crippen molar-refractivity contribution in [2.75, 3.05) is 13.7 Å². The van der Waals surface area contributed by atoms with Gasteiger partial charge >= 0.3 is 0 Å². The molecule has 1 saturated heterocycles. The minimum Gasteiger partial charge on any atom is -0.507 e. The van der Waals surface area contributed by atoms with E-state index >= 15 is 0 Å². The Bertz CT molecular complexity index is 1320. The van der Waals surface area contributed by atoms with Crippen LogP contribution in [0.2, 0.25) is 0 Å². The Morgan fingerprint density at radius 1 is 0.921 bits per heavy atom. The maximum absolute atomic E-state index is 13.4. The highest BCUT2D eigenvalue weighted by molar-refractivity contribution is 6.46. The fraction of sp³-hybridized carbons (Fsp3) is 0.312. The van der Waals surface area contributed by atoms with Crippen LogP contribution in [0, 0.1) is 5.92 Å². The monoisotopic (exact) mass is 513 g/mol. The number of hydrogen-bond acceptors (Lipinski definition) is 5. The maximum Gasteiger partial charge on any atom is 0.295 e. The van der Waals surface area contributed by atoms with Gasteiger partial charge in [0.1, 0.15) is 17.3 Å². The number of benzene rings is 3. The number of ether oxygens (including phenoxy) is 2. The molecule has 6 heteroatoms. The van der Waals surface area contributed by atoms with E-state index in [0.717, 1.165) is 16.7 Å². The third-order valence-electron chi connectivity index (χ3n) is 6.70. The Morgan fingerprint density at radius 3 is 2.18 bits per heavy atom. The van der Waals surface area contributed by atoms with Gasteiger partial charge in [-0.1, -0.05) is 70.2 Å². The van der Waals surface area contributed by atoms with Gasteiger partial charge in [0, 0.05) is 11.1 Å². The van der Waals surface area contributed by atoms with Crippen LogP contribution in [0.15, 0.2) is 78.4 Å². The largest absolute Gasteiger partial charge is 0.507 e. The van der Waals surface area contributed by atoms with Gasteiger partial charge in [-0.25, -0.2) is 0 Å². The van der Waals surface area contributed by atoms with Gasteiger partial charge in [-0.2, -0.15) is 0 Å². The number of para-hydroxylation sites is 1. The van der Waals surface area contributed by atoms with Crippen molar-refractivity contribution in [2.24, 2.45) is 5.92 Å². The first-order valence-corrected chi connectivity index (χ1v) is 12.9. The first-order chi connectivity index (χ1) is 18.2. The lowest BCUT2D eigenvalue weighted by atomic mass is 9.93. The van der Waals surface area contributed by atoms with E-state index in [4.69, 9.17) is 9.47 Å². The molecule has 1 heterocycles. The summed E-state index contributed by atoms with van der Waals surface area (Å²) in [6.45, 7) is 9.08. The highest BCUT2D eigenvalue weighted by Gasteiger charge is 2.46. The number of ketones is 1. The number of nitrogens with zero attached hydrogens (tertiary/aromatic N) is 1. The second kappa shape index (κ2) is 11.5. The van der Waals surface area contributed by atoms with Crippen molar-refractivity contribution in [3.8, 4) is 11.5 Å². The molecule has 4 rings (SSSR count). The molecular formula is C32H35NO5. The molecule has 1 aliphatic rings. The Balaban J connectivity index is 1.78. The molecule has 1 N–H and O–H groups in total. The molecule has 0 radical (unpaired) electrons. The highest BCUT2D eigenvalue weighted by atomic mass is 16.5. The summed E-state index contributed by atoms with van der Waals surface area (Å²) in [5.74, 6) is 0.430. The maximum atomic E-state index is 13.4. The van der Waals surface area contributed by atoms with Crippen LogP contribution < -0.4 is 9.47 Å². The van der Waals surface area contributed by atoms with Crippen molar-refractivity contribution in [2.45, 2.75) is 46.2 Å². The molecule has 38 heavy (non-hydrogen) atoms. The number of carbonyl (C=O) groups excluding carboxylic acids is 2. The number of hydrogen-bond donors (Lipinski definition) is 1. The van der Waals surface area contributed by atoms with Crippen molar-refractivity contribution in [3.63, 3.8) is 0 Å². The van der Waals surface area contributed by atoms with E-state index in [1.807, 2.05) is 48.5 Å². The van der Waals surface area contributed by atoms with Gasteiger partial charge in [0.05, 0.1) is 31.9 Å². The molecule has 3 aromatic carbocycles. The van der Waals surface area contributed by atoms with Crippen LogP contribution in [-0.2, 0) is 16.1 Å². The molecule has 0 aromatic heterocycles. The number of methoxy groups -OCH3 is 1. The van der Waals surface area contributed by atoms with Crippen LogP contribution in [0.5, 0.6) is 11.5 Å². The lowest BCUT2D eigenvalue weighted by molar-refractivity contribution is -0.140. The number of amides is 1. The van der Waals surface area contributed by atoms with E-state index in [1.54, 1.807) is 31.4 Å². The lowest BCUT2D eigenvalue weighted by Crippen LogP contribution is -2.29. The first-order valence-electron chi connectivity index (χ1n) is 12.9. The number of aliphatic hydroxyl groups excluding tert-OH is 1. The van der Waals surface area contributed by atoms with Crippen molar-refractivity contribution < 1.29 is 24.2 Å². The SMILES string of the molecule is COc1ccccc1CN1C(=O)C(=O)/C(=C(/O)c2ccc(OCC(C)C)cc2)C1c1ccc(C(C)C)cc1. The number of Topliss-reactive ketones (excluding diaryl/α,β-unsaturated/α-hetero) is 1. The van der Waals surface area contributed by atoms with Crippen molar-refractivity contribution in [3.05, 3.63) is 101 Å². The van der Waals surface area contributed by atoms with Gasteiger partial charge in [-0.05, 0) is 53.3 Å². The number of carbonyl (C=O) groups is 2. The summed E-state index contributed by atoms with van der Waals surface area (Å²) in [4.78, 5) is 28.3. The van der Waals surface area contributed by atoms with Crippen molar-refractivity contribution in [1.82, 2.24) is 4.90 Å². The number of likely N-dealkylation sites (tertiary alicyclic amines) is 1. The Labute approximate surface area is 224 Å². The van der Waals surface area contributed by atoms with Crippen molar-refractivity contribution >= 4 is 17.4 Å². The highest BCUT2D eigenvalue weighted by Crippen LogP contribution is 2.41. The van der Waals surface area contributed by atoms with Crippen LogP contribution in [0.1, 0.15) is 61.9 Å². The fourth-order valence-corrected chi connectivity index (χ4v) is 4.60. The summed E-state index contributed by atoms with van der Waals surface area (Å²) in [7, 11) is 1.57. The molecule has 1 unspecified atom stereocenters. The summed E-state index contributed by atoms with van der Waals surface area (Å²) < 4.78 is 11.2. The second-order valence-corrected chi connectivity index (χ2v) is 10.3. The average Bonchev–Trinajstić information content (AvgIpc) is 3.17. The molecule has 198 valence electrons. The van der Waals surface area contributed by atoms with Crippen molar-refractivity contribution in [1.29, 1.82) is 0 Å². The smallest absolute Gasteiger partial charge is 0.295 e.